The molecule has 1 aliphatic rings. The number of carbonyl (C=O) groups is 2. The Morgan fingerprint density at radius 1 is 1.28 bits per heavy atom. The average molecular weight is 377 g/mol. The highest BCUT2D eigenvalue weighted by Crippen LogP contribution is 2.33. The number of halogens is 1. The molecule has 0 spiro atoms. The fraction of sp³-hybridized carbons (Fsp3) is 0.368. The van der Waals surface area contributed by atoms with E-state index in [1.54, 1.807) is 36.4 Å². The Labute approximate surface area is 156 Å². The van der Waals surface area contributed by atoms with Crippen molar-refractivity contribution in [1.29, 1.82) is 0 Å². The fourth-order valence-electron chi connectivity index (χ4n) is 2.99. The van der Waals surface area contributed by atoms with Gasteiger partial charge in [0.1, 0.15) is 0 Å². The van der Waals surface area contributed by atoms with E-state index in [0.717, 1.165) is 34.5 Å². The summed E-state index contributed by atoms with van der Waals surface area (Å²) >= 11 is 7.67. The maximum atomic E-state index is 12.6. The van der Waals surface area contributed by atoms with E-state index in [9.17, 15) is 9.59 Å². The van der Waals surface area contributed by atoms with Gasteiger partial charge in [-0.3, -0.25) is 9.59 Å². The second-order valence-corrected chi connectivity index (χ2v) is 8.20. The normalized spacial score (nSPS) is 16.2. The van der Waals surface area contributed by atoms with Crippen molar-refractivity contribution in [3.63, 3.8) is 0 Å². The molecule has 1 aliphatic carbocycles. The Bertz CT molecular complexity index is 829. The van der Waals surface area contributed by atoms with Crippen molar-refractivity contribution in [2.45, 2.75) is 26.2 Å². The molecule has 0 saturated carbocycles. The Hall–Kier alpha value is -1.85. The summed E-state index contributed by atoms with van der Waals surface area (Å²) in [7, 11) is 3.51. The van der Waals surface area contributed by atoms with Crippen molar-refractivity contribution in [3.8, 4) is 0 Å². The molecular formula is C19H21ClN2O2S. The van der Waals surface area contributed by atoms with Gasteiger partial charge < -0.3 is 10.2 Å². The van der Waals surface area contributed by atoms with Gasteiger partial charge >= 0.3 is 0 Å². The molecule has 1 heterocycles. The number of hydrogen-bond acceptors (Lipinski definition) is 3. The molecule has 0 aliphatic heterocycles. The molecule has 0 saturated heterocycles. The lowest BCUT2D eigenvalue weighted by atomic mass is 9.87. The third-order valence-corrected chi connectivity index (χ3v) is 6.14. The van der Waals surface area contributed by atoms with Crippen LogP contribution in [0.4, 0.5) is 5.69 Å². The van der Waals surface area contributed by atoms with E-state index in [2.05, 4.69) is 5.32 Å². The van der Waals surface area contributed by atoms with Gasteiger partial charge in [-0.15, -0.1) is 11.3 Å². The smallest absolute Gasteiger partial charge is 0.263 e. The highest BCUT2D eigenvalue weighted by atomic mass is 35.5. The van der Waals surface area contributed by atoms with Crippen LogP contribution in [0.3, 0.4) is 0 Å². The van der Waals surface area contributed by atoms with Crippen LogP contribution in [0.15, 0.2) is 24.3 Å². The predicted octanol–water partition coefficient (Wildman–Crippen LogP) is 4.16. The largest absolute Gasteiger partial charge is 0.344 e. The van der Waals surface area contributed by atoms with Gasteiger partial charge in [0.15, 0.2) is 0 Å². The van der Waals surface area contributed by atoms with Crippen LogP contribution in [0.25, 0.3) is 0 Å². The van der Waals surface area contributed by atoms with Gasteiger partial charge in [0.05, 0.1) is 4.88 Å². The zero-order valence-electron chi connectivity index (χ0n) is 14.6. The number of fused-ring (bicyclic) bond motifs is 1. The minimum absolute atomic E-state index is 0.0113. The van der Waals surface area contributed by atoms with Gasteiger partial charge in [0, 0.05) is 35.6 Å². The third-order valence-electron chi connectivity index (χ3n) is 4.51. The van der Waals surface area contributed by atoms with E-state index >= 15 is 0 Å². The van der Waals surface area contributed by atoms with Crippen LogP contribution >= 0.6 is 22.9 Å². The molecule has 0 fully saturated rings. The van der Waals surface area contributed by atoms with Gasteiger partial charge in [0.25, 0.3) is 5.91 Å². The highest BCUT2D eigenvalue weighted by molar-refractivity contribution is 7.14. The van der Waals surface area contributed by atoms with Crippen LogP contribution in [-0.4, -0.2) is 30.8 Å². The summed E-state index contributed by atoms with van der Waals surface area (Å²) in [4.78, 5) is 28.3. The number of anilines is 1. The van der Waals surface area contributed by atoms with E-state index in [4.69, 9.17) is 11.6 Å². The first kappa shape index (κ1) is 18.0. The maximum Gasteiger partial charge on any atom is 0.263 e. The van der Waals surface area contributed by atoms with Crippen LogP contribution in [0.1, 0.15) is 32.1 Å². The molecule has 6 heteroatoms. The monoisotopic (exact) mass is 376 g/mol. The minimum atomic E-state index is -0.0792. The average Bonchev–Trinajstić information content (AvgIpc) is 3.00. The SMILES string of the molecule is Cc1ccc(NC(=O)C2CCc3sc(C(=O)N(C)C)cc3C2)cc1Cl. The molecule has 2 aromatic rings. The Morgan fingerprint density at radius 2 is 2.04 bits per heavy atom. The van der Waals surface area contributed by atoms with Gasteiger partial charge in [-0.25, -0.2) is 0 Å². The molecule has 1 aromatic heterocycles. The van der Waals surface area contributed by atoms with Crippen LogP contribution in [0.2, 0.25) is 5.02 Å². The summed E-state index contributed by atoms with van der Waals surface area (Å²) in [5, 5.41) is 3.61. The molecule has 0 radical (unpaired) electrons. The van der Waals surface area contributed by atoms with E-state index in [0.29, 0.717) is 11.4 Å². The van der Waals surface area contributed by atoms with E-state index in [-0.39, 0.29) is 17.7 Å². The van der Waals surface area contributed by atoms with Crippen LogP contribution < -0.4 is 5.32 Å². The summed E-state index contributed by atoms with van der Waals surface area (Å²) in [6, 6.07) is 7.49. The Kier molecular flexibility index (Phi) is 5.16. The number of nitrogens with one attached hydrogen (secondary N) is 1. The minimum Gasteiger partial charge on any atom is -0.344 e. The molecular weight excluding hydrogens is 356 g/mol. The molecule has 25 heavy (non-hydrogen) atoms. The maximum absolute atomic E-state index is 12.6. The number of nitrogens with zero attached hydrogens (tertiary/aromatic N) is 1. The first-order valence-electron chi connectivity index (χ1n) is 8.25. The predicted molar refractivity (Wildman–Crippen MR) is 103 cm³/mol. The second-order valence-electron chi connectivity index (χ2n) is 6.65. The number of rotatable bonds is 3. The zero-order valence-corrected chi connectivity index (χ0v) is 16.1. The second kappa shape index (κ2) is 7.18. The summed E-state index contributed by atoms with van der Waals surface area (Å²) in [6.07, 6.45) is 2.32. The topological polar surface area (TPSA) is 49.4 Å². The lowest BCUT2D eigenvalue weighted by Gasteiger charge is -2.21. The van der Waals surface area contributed by atoms with Crippen molar-refractivity contribution in [3.05, 3.63) is 50.2 Å². The van der Waals surface area contributed by atoms with Crippen molar-refractivity contribution in [2.75, 3.05) is 19.4 Å². The summed E-state index contributed by atoms with van der Waals surface area (Å²) in [5.41, 5.74) is 2.84. The first-order valence-corrected chi connectivity index (χ1v) is 9.45. The van der Waals surface area contributed by atoms with Crippen molar-refractivity contribution in [2.24, 2.45) is 5.92 Å². The molecule has 1 atom stereocenters. The number of carbonyl (C=O) groups excluding carboxylic acids is 2. The zero-order chi connectivity index (χ0) is 18.1. The first-order chi connectivity index (χ1) is 11.8. The number of amides is 2. The fourth-order valence-corrected chi connectivity index (χ4v) is 4.40. The standard InChI is InChI=1S/C19H21ClN2O2S/c1-11-4-6-14(10-15(11)20)21-18(23)12-5-7-16-13(8-12)9-17(25-16)19(24)22(2)3/h4,6,9-10,12H,5,7-8H2,1-3H3,(H,21,23). The Morgan fingerprint density at radius 3 is 2.72 bits per heavy atom. The van der Waals surface area contributed by atoms with E-state index < -0.39 is 0 Å². The van der Waals surface area contributed by atoms with Gasteiger partial charge in [-0.05, 0) is 55.5 Å². The molecule has 1 aromatic carbocycles. The van der Waals surface area contributed by atoms with Crippen molar-refractivity contribution in [1.82, 2.24) is 4.90 Å². The van der Waals surface area contributed by atoms with Gasteiger partial charge in [-0.1, -0.05) is 17.7 Å². The molecule has 1 unspecified atom stereocenters. The summed E-state index contributed by atoms with van der Waals surface area (Å²) in [6.45, 7) is 1.93. The van der Waals surface area contributed by atoms with E-state index in [1.165, 1.54) is 4.88 Å². The molecule has 2 amide bonds. The van der Waals surface area contributed by atoms with Crippen molar-refractivity contribution >= 4 is 40.4 Å². The summed E-state index contributed by atoms with van der Waals surface area (Å²) < 4.78 is 0. The van der Waals surface area contributed by atoms with Gasteiger partial charge in [-0.2, -0.15) is 0 Å². The molecule has 1 N–H and O–H groups in total. The lowest BCUT2D eigenvalue weighted by molar-refractivity contribution is -0.120. The molecule has 132 valence electrons. The highest BCUT2D eigenvalue weighted by Gasteiger charge is 2.27. The number of thiophene rings is 1. The lowest BCUT2D eigenvalue weighted by Crippen LogP contribution is -2.27. The van der Waals surface area contributed by atoms with E-state index in [1.807, 2.05) is 25.1 Å². The van der Waals surface area contributed by atoms with Crippen molar-refractivity contribution < 1.29 is 9.59 Å². The number of hydrogen-bond donors (Lipinski definition) is 1. The van der Waals surface area contributed by atoms with Crippen LogP contribution in [0, 0.1) is 12.8 Å². The van der Waals surface area contributed by atoms with Crippen LogP contribution in [-0.2, 0) is 17.6 Å². The molecule has 3 rings (SSSR count). The number of aryl methyl sites for hydroxylation is 2. The molecule has 4 nitrogen and oxygen atoms in total. The van der Waals surface area contributed by atoms with Gasteiger partial charge in [0.2, 0.25) is 5.91 Å². The number of benzene rings is 1. The quantitative estimate of drug-likeness (QED) is 0.874. The Balaban J connectivity index is 1.70. The summed E-state index contributed by atoms with van der Waals surface area (Å²) in [5.74, 6) is -0.0450. The molecule has 0 bridgehead atoms. The third kappa shape index (κ3) is 3.88. The van der Waals surface area contributed by atoms with Crippen LogP contribution in [0.5, 0.6) is 0 Å².